The monoisotopic (exact) mass is 305 g/mol. The molecule has 0 unspecified atom stereocenters. The Hall–Kier alpha value is -1.68. The van der Waals surface area contributed by atoms with Gasteiger partial charge in [0.1, 0.15) is 0 Å². The zero-order chi connectivity index (χ0) is 16.6. The Morgan fingerprint density at radius 3 is 2.14 bits per heavy atom. The van der Waals surface area contributed by atoms with Gasteiger partial charge < -0.3 is 9.80 Å². The highest BCUT2D eigenvalue weighted by atomic mass is 16.1. The molecule has 1 amide bonds. The number of hydrogen-bond acceptors (Lipinski definition) is 2. The second-order valence-electron chi connectivity index (χ2n) is 5.98. The third-order valence-corrected chi connectivity index (χ3v) is 4.44. The Bertz CT molecular complexity index is 490. The minimum atomic E-state index is -0.0183. The highest BCUT2D eigenvalue weighted by molar-refractivity contribution is 5.97. The first-order valence-corrected chi connectivity index (χ1v) is 8.20. The van der Waals surface area contributed by atoms with Gasteiger partial charge in [-0.15, -0.1) is 0 Å². The molecule has 0 saturated carbocycles. The normalized spacial score (nSPS) is 11.3. The molecule has 0 aromatic heterocycles. The molecule has 0 atom stereocenters. The topological polar surface area (TPSA) is 46.2 Å². The summed E-state index contributed by atoms with van der Waals surface area (Å²) in [5.41, 5.74) is 1.46. The number of nitrogens with one attached hydrogen (secondary N) is 1. The van der Waals surface area contributed by atoms with Gasteiger partial charge in [-0.05, 0) is 38.1 Å². The van der Waals surface area contributed by atoms with Gasteiger partial charge in [0, 0.05) is 30.5 Å². The van der Waals surface area contributed by atoms with Gasteiger partial charge in [-0.1, -0.05) is 6.92 Å². The van der Waals surface area contributed by atoms with Crippen molar-refractivity contribution in [2.75, 3.05) is 32.0 Å². The highest BCUT2D eigenvalue weighted by Crippen LogP contribution is 2.13. The van der Waals surface area contributed by atoms with Gasteiger partial charge in [0.2, 0.25) is 5.91 Å². The van der Waals surface area contributed by atoms with E-state index in [1.54, 1.807) is 24.3 Å². The number of carbonyl (C=O) groups is 2. The van der Waals surface area contributed by atoms with E-state index in [4.69, 9.17) is 0 Å². The molecule has 0 heterocycles. The Kier molecular flexibility index (Phi) is 7.25. The maximum Gasteiger partial charge on any atom is 0.224 e. The average molecular weight is 305 g/mol. The van der Waals surface area contributed by atoms with E-state index in [0.717, 1.165) is 41.8 Å². The number of rotatable bonds is 9. The second kappa shape index (κ2) is 8.69. The lowest BCUT2D eigenvalue weighted by Gasteiger charge is -2.32. The Morgan fingerprint density at radius 1 is 1.05 bits per heavy atom. The number of carbonyl (C=O) groups excluding carboxylic acids is 2. The van der Waals surface area contributed by atoms with E-state index < -0.39 is 0 Å². The van der Waals surface area contributed by atoms with Crippen molar-refractivity contribution in [3.63, 3.8) is 0 Å². The fourth-order valence-electron chi connectivity index (χ4n) is 2.29. The van der Waals surface area contributed by atoms with Gasteiger partial charge in [-0.3, -0.25) is 9.59 Å². The number of ketones is 1. The van der Waals surface area contributed by atoms with Crippen LogP contribution in [0.4, 0.5) is 5.69 Å². The molecule has 0 aliphatic rings. The van der Waals surface area contributed by atoms with Crippen molar-refractivity contribution in [2.24, 2.45) is 0 Å². The molecule has 4 nitrogen and oxygen atoms in total. The maximum absolute atomic E-state index is 12.2. The van der Waals surface area contributed by atoms with Crippen molar-refractivity contribution in [1.82, 2.24) is 0 Å². The van der Waals surface area contributed by atoms with Crippen molar-refractivity contribution in [3.05, 3.63) is 29.8 Å². The number of quaternary nitrogens is 1. The predicted octanol–water partition coefficient (Wildman–Crippen LogP) is 3.48. The highest BCUT2D eigenvalue weighted by Gasteiger charge is 2.16. The molecule has 1 aromatic rings. The van der Waals surface area contributed by atoms with Crippen LogP contribution in [0, 0.1) is 0 Å². The van der Waals surface area contributed by atoms with Crippen LogP contribution in [0.25, 0.3) is 0 Å². The fourth-order valence-corrected chi connectivity index (χ4v) is 2.29. The van der Waals surface area contributed by atoms with Crippen LogP contribution in [0.3, 0.4) is 0 Å². The predicted molar refractivity (Wildman–Crippen MR) is 91.1 cm³/mol. The quantitative estimate of drug-likeness (QED) is 0.561. The number of hydrogen-bond donors (Lipinski definition) is 1. The molecule has 0 bridgehead atoms. The molecule has 4 heteroatoms. The van der Waals surface area contributed by atoms with Gasteiger partial charge in [0.25, 0.3) is 0 Å². The van der Waals surface area contributed by atoms with Crippen LogP contribution >= 0.6 is 0 Å². The lowest BCUT2D eigenvalue weighted by Crippen LogP contribution is -2.44. The van der Waals surface area contributed by atoms with E-state index in [0.29, 0.717) is 12.8 Å². The Balaban J connectivity index is 2.51. The number of nitrogens with zero attached hydrogens (tertiary/aromatic N) is 1. The zero-order valence-electron chi connectivity index (χ0n) is 14.3. The molecule has 1 aromatic carbocycles. The number of benzene rings is 1. The van der Waals surface area contributed by atoms with Crippen molar-refractivity contribution < 1.29 is 14.1 Å². The van der Waals surface area contributed by atoms with E-state index in [-0.39, 0.29) is 11.7 Å². The smallest absolute Gasteiger partial charge is 0.224 e. The van der Waals surface area contributed by atoms with E-state index >= 15 is 0 Å². The lowest BCUT2D eigenvalue weighted by molar-refractivity contribution is -0.906. The molecule has 0 aliphatic carbocycles. The van der Waals surface area contributed by atoms with Gasteiger partial charge in [-0.25, -0.2) is 0 Å². The first kappa shape index (κ1) is 18.4. The van der Waals surface area contributed by atoms with Crippen LogP contribution < -0.4 is 5.32 Å². The minimum Gasteiger partial charge on any atom is -0.326 e. The molecule has 0 fully saturated rings. The summed E-state index contributed by atoms with van der Waals surface area (Å²) >= 11 is 0. The molecular weight excluding hydrogens is 276 g/mol. The Labute approximate surface area is 134 Å². The van der Waals surface area contributed by atoms with Crippen LogP contribution in [-0.2, 0) is 4.79 Å². The summed E-state index contributed by atoms with van der Waals surface area (Å²) in [6, 6.07) is 7.17. The van der Waals surface area contributed by atoms with E-state index in [9.17, 15) is 9.59 Å². The van der Waals surface area contributed by atoms with Gasteiger partial charge >= 0.3 is 0 Å². The molecule has 122 valence electrons. The summed E-state index contributed by atoms with van der Waals surface area (Å²) in [6.07, 6.45) is 1.94. The number of Topliss-reactive ketones (excluding diaryl/α,β-unsaturated/α-hetero) is 1. The van der Waals surface area contributed by atoms with E-state index in [1.807, 2.05) is 6.92 Å². The summed E-state index contributed by atoms with van der Waals surface area (Å²) in [5, 5.41) is 2.78. The summed E-state index contributed by atoms with van der Waals surface area (Å²) < 4.78 is 1.01. The van der Waals surface area contributed by atoms with Crippen LogP contribution in [0.5, 0.6) is 0 Å². The summed E-state index contributed by atoms with van der Waals surface area (Å²) in [7, 11) is 2.23. The standard InChI is InChI=1S/C18H28N2O2/c1-5-18(22)19-16-12-10-15(11-13-16)17(21)9-8-14-20(4,6-2)7-3/h10-13H,5-9,14H2,1-4H3/p+1. The van der Waals surface area contributed by atoms with Crippen molar-refractivity contribution >= 4 is 17.4 Å². The second-order valence-corrected chi connectivity index (χ2v) is 5.98. The summed E-state index contributed by atoms with van der Waals surface area (Å²) in [5.74, 6) is 0.155. The lowest BCUT2D eigenvalue weighted by atomic mass is 10.1. The van der Waals surface area contributed by atoms with E-state index in [1.165, 1.54) is 0 Å². The fraction of sp³-hybridized carbons (Fsp3) is 0.556. The van der Waals surface area contributed by atoms with Crippen LogP contribution in [0.15, 0.2) is 24.3 Å². The molecule has 0 aliphatic heterocycles. The molecule has 1 N–H and O–H groups in total. The van der Waals surface area contributed by atoms with Crippen LogP contribution in [0.1, 0.15) is 50.4 Å². The number of amides is 1. The van der Waals surface area contributed by atoms with E-state index in [2.05, 4.69) is 26.2 Å². The maximum atomic E-state index is 12.2. The molecule has 0 saturated heterocycles. The first-order chi connectivity index (χ1) is 10.4. The summed E-state index contributed by atoms with van der Waals surface area (Å²) in [4.78, 5) is 23.5. The molecule has 22 heavy (non-hydrogen) atoms. The molecule has 0 radical (unpaired) electrons. The van der Waals surface area contributed by atoms with Crippen molar-refractivity contribution in [2.45, 2.75) is 40.0 Å². The van der Waals surface area contributed by atoms with Crippen molar-refractivity contribution in [3.8, 4) is 0 Å². The van der Waals surface area contributed by atoms with Gasteiger partial charge in [-0.2, -0.15) is 0 Å². The molecular formula is C18H29N2O2+. The average Bonchev–Trinajstić information content (AvgIpc) is 2.55. The Morgan fingerprint density at radius 2 is 1.64 bits per heavy atom. The number of anilines is 1. The third kappa shape index (κ3) is 5.60. The zero-order valence-corrected chi connectivity index (χ0v) is 14.3. The molecule has 0 spiro atoms. The minimum absolute atomic E-state index is 0.0183. The third-order valence-electron chi connectivity index (χ3n) is 4.44. The van der Waals surface area contributed by atoms with Gasteiger partial charge in [0.05, 0.1) is 26.7 Å². The van der Waals surface area contributed by atoms with Crippen molar-refractivity contribution in [1.29, 1.82) is 0 Å². The van der Waals surface area contributed by atoms with Gasteiger partial charge in [0.15, 0.2) is 5.78 Å². The van der Waals surface area contributed by atoms with Crippen LogP contribution in [-0.4, -0.2) is 42.9 Å². The van der Waals surface area contributed by atoms with Crippen LogP contribution in [0.2, 0.25) is 0 Å². The first-order valence-electron chi connectivity index (χ1n) is 8.20. The SMILES string of the molecule is CCC(=O)Nc1ccc(C(=O)CCC[N+](C)(CC)CC)cc1. The summed E-state index contributed by atoms with van der Waals surface area (Å²) in [6.45, 7) is 9.41. The molecule has 1 rings (SSSR count). The largest absolute Gasteiger partial charge is 0.326 e.